The lowest BCUT2D eigenvalue weighted by Gasteiger charge is -2.20. The van der Waals surface area contributed by atoms with E-state index < -0.39 is 0 Å². The van der Waals surface area contributed by atoms with Gasteiger partial charge in [0, 0.05) is 19.2 Å². The van der Waals surface area contributed by atoms with Crippen LogP contribution in [-0.4, -0.2) is 24.3 Å². The molecule has 1 fully saturated rings. The Hall–Kier alpha value is -0.0800. The summed E-state index contributed by atoms with van der Waals surface area (Å²) in [6, 6.07) is 0.652. The quantitative estimate of drug-likeness (QED) is 0.726. The van der Waals surface area contributed by atoms with Gasteiger partial charge < -0.3 is 10.4 Å². The molecule has 0 aliphatic heterocycles. The lowest BCUT2D eigenvalue weighted by molar-refractivity contribution is 0.226. The minimum absolute atomic E-state index is 0.289. The summed E-state index contributed by atoms with van der Waals surface area (Å²) in [5.41, 5.74) is 0.500. The second-order valence-electron chi connectivity index (χ2n) is 5.85. The molecule has 1 rings (SSSR count). The fraction of sp³-hybridized carbons (Fsp3) is 1.00. The molecule has 2 N–H and O–H groups in total. The highest BCUT2D eigenvalue weighted by Gasteiger charge is 2.36. The Bertz CT molecular complexity index is 179. The van der Waals surface area contributed by atoms with E-state index in [9.17, 15) is 0 Å². The minimum atomic E-state index is 0.289. The Morgan fingerprint density at radius 2 is 2.07 bits per heavy atom. The van der Waals surface area contributed by atoms with E-state index in [2.05, 4.69) is 33.0 Å². The normalized spacial score (nSPS) is 33.2. The van der Waals surface area contributed by atoms with Gasteiger partial charge in [0.05, 0.1) is 0 Å². The van der Waals surface area contributed by atoms with Gasteiger partial charge in [0.25, 0.3) is 0 Å². The third kappa shape index (κ3) is 3.25. The molecule has 0 aromatic rings. The fourth-order valence-electron chi connectivity index (χ4n) is 2.58. The van der Waals surface area contributed by atoms with Crippen molar-refractivity contribution in [3.8, 4) is 0 Å². The molecule has 0 amide bonds. The Balaban J connectivity index is 2.32. The number of hydrogen-bond acceptors (Lipinski definition) is 2. The van der Waals surface area contributed by atoms with E-state index >= 15 is 0 Å². The molecule has 0 aromatic carbocycles. The van der Waals surface area contributed by atoms with Crippen LogP contribution in [0.4, 0.5) is 0 Å². The highest BCUT2D eigenvalue weighted by Crippen LogP contribution is 2.40. The molecule has 1 aliphatic carbocycles. The molecular formula is C12H25NO. The zero-order valence-electron chi connectivity index (χ0n) is 10.0. The molecule has 3 atom stereocenters. The van der Waals surface area contributed by atoms with Crippen LogP contribution in [0.15, 0.2) is 0 Å². The van der Waals surface area contributed by atoms with Gasteiger partial charge in [0.2, 0.25) is 0 Å². The van der Waals surface area contributed by atoms with Crippen molar-refractivity contribution < 1.29 is 5.11 Å². The Labute approximate surface area is 88.1 Å². The second kappa shape index (κ2) is 4.63. The average molecular weight is 199 g/mol. The van der Waals surface area contributed by atoms with Crippen LogP contribution < -0.4 is 5.32 Å². The van der Waals surface area contributed by atoms with E-state index in [4.69, 9.17) is 5.11 Å². The van der Waals surface area contributed by atoms with Crippen LogP contribution in [0.3, 0.4) is 0 Å². The van der Waals surface area contributed by atoms with Crippen LogP contribution in [0.25, 0.3) is 0 Å². The van der Waals surface area contributed by atoms with Gasteiger partial charge in [-0.25, -0.2) is 0 Å². The van der Waals surface area contributed by atoms with Crippen molar-refractivity contribution in [1.29, 1.82) is 0 Å². The van der Waals surface area contributed by atoms with Gasteiger partial charge in [-0.3, -0.25) is 0 Å². The van der Waals surface area contributed by atoms with Gasteiger partial charge in [0.1, 0.15) is 0 Å². The maximum Gasteiger partial charge on any atom is 0.0468 e. The third-order valence-electron chi connectivity index (χ3n) is 3.37. The van der Waals surface area contributed by atoms with Crippen molar-refractivity contribution in [3.05, 3.63) is 0 Å². The van der Waals surface area contributed by atoms with Gasteiger partial charge >= 0.3 is 0 Å². The van der Waals surface area contributed by atoms with E-state index in [1.54, 1.807) is 0 Å². The van der Waals surface area contributed by atoms with Crippen LogP contribution in [0.1, 0.15) is 40.5 Å². The van der Waals surface area contributed by atoms with E-state index in [1.165, 1.54) is 12.8 Å². The molecule has 0 heterocycles. The summed E-state index contributed by atoms with van der Waals surface area (Å²) in [4.78, 5) is 0. The summed E-state index contributed by atoms with van der Waals surface area (Å²) in [7, 11) is 0. The van der Waals surface area contributed by atoms with Gasteiger partial charge in [-0.1, -0.05) is 27.7 Å². The summed E-state index contributed by atoms with van der Waals surface area (Å²) in [5.74, 6) is 1.15. The van der Waals surface area contributed by atoms with Crippen LogP contribution in [0.5, 0.6) is 0 Å². The standard InChI is InChI=1S/C12H25NO/c1-9(8-14)7-13-11-6-12(3,4)5-10(11)2/h9-11,13-14H,5-8H2,1-4H3. The average Bonchev–Trinajstić information content (AvgIpc) is 2.35. The maximum absolute atomic E-state index is 8.94. The molecule has 1 saturated carbocycles. The molecule has 84 valence electrons. The van der Waals surface area contributed by atoms with Crippen LogP contribution in [-0.2, 0) is 0 Å². The topological polar surface area (TPSA) is 32.3 Å². The summed E-state index contributed by atoms with van der Waals surface area (Å²) < 4.78 is 0. The Morgan fingerprint density at radius 3 is 2.50 bits per heavy atom. The van der Waals surface area contributed by atoms with Gasteiger partial charge in [-0.15, -0.1) is 0 Å². The van der Waals surface area contributed by atoms with Crippen molar-refractivity contribution in [3.63, 3.8) is 0 Å². The van der Waals surface area contributed by atoms with Crippen LogP contribution in [0.2, 0.25) is 0 Å². The fourth-order valence-corrected chi connectivity index (χ4v) is 2.58. The minimum Gasteiger partial charge on any atom is -0.396 e. The monoisotopic (exact) mass is 199 g/mol. The van der Waals surface area contributed by atoms with E-state index in [0.29, 0.717) is 17.4 Å². The molecule has 2 heteroatoms. The number of aliphatic hydroxyl groups is 1. The first-order valence-electron chi connectivity index (χ1n) is 5.79. The first-order valence-corrected chi connectivity index (χ1v) is 5.79. The molecule has 0 saturated heterocycles. The van der Waals surface area contributed by atoms with E-state index in [-0.39, 0.29) is 6.61 Å². The highest BCUT2D eigenvalue weighted by molar-refractivity contribution is 4.91. The molecule has 1 aliphatic rings. The van der Waals surface area contributed by atoms with E-state index in [0.717, 1.165) is 12.5 Å². The van der Waals surface area contributed by atoms with Crippen molar-refractivity contribution in [2.45, 2.75) is 46.6 Å². The van der Waals surface area contributed by atoms with Crippen molar-refractivity contribution in [1.82, 2.24) is 5.32 Å². The SMILES string of the molecule is CC(CO)CNC1CC(C)(C)CC1C. The lowest BCUT2D eigenvalue weighted by Crippen LogP contribution is -2.35. The predicted molar refractivity (Wildman–Crippen MR) is 60.2 cm³/mol. The van der Waals surface area contributed by atoms with Crippen molar-refractivity contribution >= 4 is 0 Å². The molecule has 0 bridgehead atoms. The predicted octanol–water partition coefficient (Wildman–Crippen LogP) is 2.03. The lowest BCUT2D eigenvalue weighted by atomic mass is 9.91. The number of nitrogens with one attached hydrogen (secondary N) is 1. The number of aliphatic hydroxyl groups excluding tert-OH is 1. The van der Waals surface area contributed by atoms with Gasteiger partial charge in [-0.05, 0) is 30.1 Å². The Morgan fingerprint density at radius 1 is 1.43 bits per heavy atom. The Kier molecular flexibility index (Phi) is 3.96. The van der Waals surface area contributed by atoms with Crippen molar-refractivity contribution in [2.24, 2.45) is 17.3 Å². The molecule has 14 heavy (non-hydrogen) atoms. The molecule has 2 nitrogen and oxygen atoms in total. The van der Waals surface area contributed by atoms with E-state index in [1.807, 2.05) is 0 Å². The van der Waals surface area contributed by atoms with Crippen LogP contribution >= 0.6 is 0 Å². The highest BCUT2D eigenvalue weighted by atomic mass is 16.3. The molecule has 0 radical (unpaired) electrons. The van der Waals surface area contributed by atoms with Gasteiger partial charge in [-0.2, -0.15) is 0 Å². The number of rotatable bonds is 4. The largest absolute Gasteiger partial charge is 0.396 e. The zero-order valence-corrected chi connectivity index (χ0v) is 10.0. The summed E-state index contributed by atoms with van der Waals surface area (Å²) in [6.45, 7) is 10.3. The molecule has 0 spiro atoms. The second-order valence-corrected chi connectivity index (χ2v) is 5.85. The van der Waals surface area contributed by atoms with Gasteiger partial charge in [0.15, 0.2) is 0 Å². The first kappa shape index (κ1) is 12.0. The summed E-state index contributed by atoms with van der Waals surface area (Å²) >= 11 is 0. The first-order chi connectivity index (χ1) is 6.44. The van der Waals surface area contributed by atoms with Crippen molar-refractivity contribution in [2.75, 3.05) is 13.2 Å². The van der Waals surface area contributed by atoms with Crippen LogP contribution in [0, 0.1) is 17.3 Å². The molecular weight excluding hydrogens is 174 g/mol. The summed E-state index contributed by atoms with van der Waals surface area (Å²) in [6.07, 6.45) is 2.59. The smallest absolute Gasteiger partial charge is 0.0468 e. The maximum atomic E-state index is 8.94. The molecule has 0 aromatic heterocycles. The summed E-state index contributed by atoms with van der Waals surface area (Å²) in [5, 5.41) is 12.5. The zero-order chi connectivity index (χ0) is 10.8. The number of hydrogen-bond donors (Lipinski definition) is 2. The third-order valence-corrected chi connectivity index (χ3v) is 3.37. The molecule has 3 unspecified atom stereocenters.